The molecule has 1 nitrogen and oxygen atoms in total. The number of rotatable bonds is 2. The Bertz CT molecular complexity index is 429. The van der Waals surface area contributed by atoms with E-state index in [2.05, 4.69) is 58.0 Å². The zero-order chi connectivity index (χ0) is 13.1. The molecule has 1 heteroatoms. The predicted octanol–water partition coefficient (Wildman–Crippen LogP) is 4.64. The summed E-state index contributed by atoms with van der Waals surface area (Å²) in [6.45, 7) is 10.6. The summed E-state index contributed by atoms with van der Waals surface area (Å²) >= 11 is 0. The van der Waals surface area contributed by atoms with E-state index in [0.29, 0.717) is 17.8 Å². The van der Waals surface area contributed by atoms with Crippen molar-refractivity contribution in [3.8, 4) is 0 Å². The molecular formula is C17H24O. The molecule has 1 aromatic carbocycles. The molecule has 0 saturated carbocycles. The molecule has 0 amide bonds. The van der Waals surface area contributed by atoms with Crippen LogP contribution in [0.1, 0.15) is 56.2 Å². The second kappa shape index (κ2) is 5.71. The molecule has 0 N–H and O–H groups in total. The van der Waals surface area contributed by atoms with E-state index < -0.39 is 0 Å². The van der Waals surface area contributed by atoms with Crippen molar-refractivity contribution in [3.05, 3.63) is 47.0 Å². The van der Waals surface area contributed by atoms with Gasteiger partial charge in [0.05, 0.1) is 13.2 Å². The third kappa shape index (κ3) is 2.67. The molecule has 1 heterocycles. The molecule has 0 spiro atoms. The highest BCUT2D eigenvalue weighted by Gasteiger charge is 2.22. The van der Waals surface area contributed by atoms with Crippen LogP contribution in [0.4, 0.5) is 0 Å². The minimum atomic E-state index is 0.516. The summed E-state index contributed by atoms with van der Waals surface area (Å²) in [6.07, 6.45) is 4.50. The van der Waals surface area contributed by atoms with Gasteiger partial charge in [0, 0.05) is 5.92 Å². The Labute approximate surface area is 111 Å². The fraction of sp³-hybridized carbons (Fsp3) is 0.529. The van der Waals surface area contributed by atoms with Crippen molar-refractivity contribution >= 4 is 0 Å². The first kappa shape index (κ1) is 13.4. The summed E-state index contributed by atoms with van der Waals surface area (Å²) in [4.78, 5) is 0. The Morgan fingerprint density at radius 3 is 2.61 bits per heavy atom. The smallest absolute Gasteiger partial charge is 0.0724 e. The molecule has 18 heavy (non-hydrogen) atoms. The summed E-state index contributed by atoms with van der Waals surface area (Å²) in [5, 5.41) is 0. The minimum absolute atomic E-state index is 0.516. The lowest BCUT2D eigenvalue weighted by Crippen LogP contribution is -2.14. The molecule has 1 aliphatic heterocycles. The SMILES string of the molecule is CC(C)c1cccc2c1C(C(C)C)/C=C\COC2. The van der Waals surface area contributed by atoms with Crippen molar-refractivity contribution in [3.63, 3.8) is 0 Å². The number of benzene rings is 1. The van der Waals surface area contributed by atoms with E-state index in [1.54, 1.807) is 0 Å². The van der Waals surface area contributed by atoms with Crippen molar-refractivity contribution in [2.24, 2.45) is 5.92 Å². The molecule has 98 valence electrons. The molecule has 0 fully saturated rings. The van der Waals surface area contributed by atoms with Gasteiger partial charge < -0.3 is 4.74 Å². The Morgan fingerprint density at radius 1 is 1.17 bits per heavy atom. The lowest BCUT2D eigenvalue weighted by atomic mass is 9.79. The maximum absolute atomic E-state index is 5.68. The van der Waals surface area contributed by atoms with Gasteiger partial charge >= 0.3 is 0 Å². The third-order valence-corrected chi connectivity index (χ3v) is 3.72. The van der Waals surface area contributed by atoms with Crippen LogP contribution in [0.3, 0.4) is 0 Å². The third-order valence-electron chi connectivity index (χ3n) is 3.72. The highest BCUT2D eigenvalue weighted by molar-refractivity contribution is 5.42. The van der Waals surface area contributed by atoms with Gasteiger partial charge in [0.15, 0.2) is 0 Å². The maximum Gasteiger partial charge on any atom is 0.0724 e. The van der Waals surface area contributed by atoms with E-state index in [1.165, 1.54) is 16.7 Å². The molecule has 1 aliphatic rings. The minimum Gasteiger partial charge on any atom is -0.373 e. The number of hydrogen-bond donors (Lipinski definition) is 0. The molecule has 1 atom stereocenters. The van der Waals surface area contributed by atoms with Gasteiger partial charge in [-0.15, -0.1) is 0 Å². The van der Waals surface area contributed by atoms with Gasteiger partial charge in [0.1, 0.15) is 0 Å². The Kier molecular flexibility index (Phi) is 4.23. The summed E-state index contributed by atoms with van der Waals surface area (Å²) in [5.41, 5.74) is 4.34. The van der Waals surface area contributed by atoms with Crippen LogP contribution >= 0.6 is 0 Å². The molecule has 0 bridgehead atoms. The molecule has 1 unspecified atom stereocenters. The first-order chi connectivity index (χ1) is 8.61. The van der Waals surface area contributed by atoms with E-state index in [1.807, 2.05) is 0 Å². The van der Waals surface area contributed by atoms with Gasteiger partial charge in [0.25, 0.3) is 0 Å². The first-order valence-corrected chi connectivity index (χ1v) is 6.97. The molecule has 0 aromatic heterocycles. The Morgan fingerprint density at radius 2 is 1.94 bits per heavy atom. The van der Waals surface area contributed by atoms with Gasteiger partial charge in [-0.05, 0) is 28.5 Å². The summed E-state index contributed by atoms with van der Waals surface area (Å²) in [7, 11) is 0. The number of fused-ring (bicyclic) bond motifs is 1. The van der Waals surface area contributed by atoms with Crippen LogP contribution in [0.15, 0.2) is 30.4 Å². The molecule has 0 saturated heterocycles. The average Bonchev–Trinajstić information content (AvgIpc) is 2.28. The maximum atomic E-state index is 5.68. The standard InChI is InChI=1S/C17H24O/c1-12(2)15-8-5-7-14-11-18-10-6-9-16(13(3)4)17(14)15/h5-9,12-13,16H,10-11H2,1-4H3/b9-6-. The molecule has 1 aromatic rings. The van der Waals surface area contributed by atoms with Crippen molar-refractivity contribution in [2.45, 2.75) is 46.1 Å². The van der Waals surface area contributed by atoms with Crippen LogP contribution in [-0.4, -0.2) is 6.61 Å². The fourth-order valence-corrected chi connectivity index (χ4v) is 2.76. The Hall–Kier alpha value is -1.08. The van der Waals surface area contributed by atoms with E-state index in [9.17, 15) is 0 Å². The average molecular weight is 244 g/mol. The first-order valence-electron chi connectivity index (χ1n) is 6.97. The molecular weight excluding hydrogens is 220 g/mol. The van der Waals surface area contributed by atoms with Crippen LogP contribution in [0.25, 0.3) is 0 Å². The normalized spacial score (nSPS) is 21.6. The van der Waals surface area contributed by atoms with Crippen molar-refractivity contribution in [1.29, 1.82) is 0 Å². The second-order valence-electron chi connectivity index (χ2n) is 5.79. The number of ether oxygens (including phenoxy) is 1. The van der Waals surface area contributed by atoms with Crippen LogP contribution in [0.2, 0.25) is 0 Å². The van der Waals surface area contributed by atoms with Gasteiger partial charge in [-0.2, -0.15) is 0 Å². The van der Waals surface area contributed by atoms with E-state index >= 15 is 0 Å². The van der Waals surface area contributed by atoms with Crippen LogP contribution in [0, 0.1) is 5.92 Å². The van der Waals surface area contributed by atoms with Crippen LogP contribution in [-0.2, 0) is 11.3 Å². The quantitative estimate of drug-likeness (QED) is 0.689. The number of hydrogen-bond acceptors (Lipinski definition) is 1. The van der Waals surface area contributed by atoms with E-state index in [4.69, 9.17) is 4.74 Å². The second-order valence-corrected chi connectivity index (χ2v) is 5.79. The van der Waals surface area contributed by atoms with Crippen molar-refractivity contribution < 1.29 is 4.74 Å². The molecule has 2 rings (SSSR count). The lowest BCUT2D eigenvalue weighted by molar-refractivity contribution is 0.145. The fourth-order valence-electron chi connectivity index (χ4n) is 2.76. The topological polar surface area (TPSA) is 9.23 Å². The number of allylic oxidation sites excluding steroid dienone is 1. The highest BCUT2D eigenvalue weighted by atomic mass is 16.5. The van der Waals surface area contributed by atoms with E-state index in [0.717, 1.165) is 13.2 Å². The predicted molar refractivity (Wildman–Crippen MR) is 76.9 cm³/mol. The van der Waals surface area contributed by atoms with Gasteiger partial charge in [0.2, 0.25) is 0 Å². The molecule has 0 aliphatic carbocycles. The highest BCUT2D eigenvalue weighted by Crippen LogP contribution is 2.36. The zero-order valence-corrected chi connectivity index (χ0v) is 11.9. The summed E-state index contributed by atoms with van der Waals surface area (Å²) in [5.74, 6) is 1.70. The van der Waals surface area contributed by atoms with Crippen LogP contribution in [0.5, 0.6) is 0 Å². The lowest BCUT2D eigenvalue weighted by Gasteiger charge is -2.27. The van der Waals surface area contributed by atoms with E-state index in [-0.39, 0.29) is 0 Å². The van der Waals surface area contributed by atoms with Crippen LogP contribution < -0.4 is 0 Å². The van der Waals surface area contributed by atoms with Crippen molar-refractivity contribution in [1.82, 2.24) is 0 Å². The summed E-state index contributed by atoms with van der Waals surface area (Å²) < 4.78 is 5.68. The van der Waals surface area contributed by atoms with Gasteiger partial charge in [-0.25, -0.2) is 0 Å². The van der Waals surface area contributed by atoms with Gasteiger partial charge in [-0.1, -0.05) is 58.0 Å². The van der Waals surface area contributed by atoms with Gasteiger partial charge in [-0.3, -0.25) is 0 Å². The zero-order valence-electron chi connectivity index (χ0n) is 11.9. The summed E-state index contributed by atoms with van der Waals surface area (Å²) in [6, 6.07) is 6.66. The van der Waals surface area contributed by atoms with Crippen molar-refractivity contribution in [2.75, 3.05) is 6.61 Å². The molecule has 0 radical (unpaired) electrons. The monoisotopic (exact) mass is 244 g/mol. The largest absolute Gasteiger partial charge is 0.373 e. The Balaban J connectivity index is 2.57.